The fraction of sp³-hybridized carbons (Fsp3) is 0.353. The Bertz CT molecular complexity index is 513. The Hall–Kier alpha value is -1.74. The summed E-state index contributed by atoms with van der Waals surface area (Å²) in [7, 11) is 0. The minimum atomic E-state index is -0.219. The molecule has 106 valence electrons. The Balaban J connectivity index is 2.12. The van der Waals surface area contributed by atoms with Gasteiger partial charge < -0.3 is 5.32 Å². The second-order valence-corrected chi connectivity index (χ2v) is 4.98. The van der Waals surface area contributed by atoms with Crippen LogP contribution in [-0.4, -0.2) is 18.1 Å². The molecule has 0 spiro atoms. The zero-order valence-corrected chi connectivity index (χ0v) is 11.8. The summed E-state index contributed by atoms with van der Waals surface area (Å²) in [4.78, 5) is 3.81. The van der Waals surface area contributed by atoms with Gasteiger partial charge in [0.25, 0.3) is 0 Å². The maximum Gasteiger partial charge on any atom is 0.144 e. The van der Waals surface area contributed by atoms with Gasteiger partial charge in [-0.3, -0.25) is 4.98 Å². The van der Waals surface area contributed by atoms with Gasteiger partial charge in [-0.25, -0.2) is 4.39 Å². The Morgan fingerprint density at radius 2 is 2.00 bits per heavy atom. The molecule has 0 amide bonds. The summed E-state index contributed by atoms with van der Waals surface area (Å²) in [6.07, 6.45) is 4.73. The summed E-state index contributed by atoms with van der Waals surface area (Å²) in [5, 5.41) is 3.44. The van der Waals surface area contributed by atoms with Gasteiger partial charge in [-0.1, -0.05) is 37.3 Å². The molecule has 1 aromatic carbocycles. The monoisotopic (exact) mass is 272 g/mol. The molecule has 0 radical (unpaired) electrons. The molecule has 20 heavy (non-hydrogen) atoms. The molecule has 3 heteroatoms. The smallest absolute Gasteiger partial charge is 0.144 e. The van der Waals surface area contributed by atoms with Crippen molar-refractivity contribution < 1.29 is 4.39 Å². The molecule has 0 aliphatic rings. The van der Waals surface area contributed by atoms with Crippen LogP contribution in [0.15, 0.2) is 48.8 Å². The lowest BCUT2D eigenvalue weighted by Gasteiger charge is -2.18. The van der Waals surface area contributed by atoms with E-state index in [1.54, 1.807) is 12.3 Å². The molecule has 2 rings (SSSR count). The van der Waals surface area contributed by atoms with Crippen molar-refractivity contribution in [1.29, 1.82) is 0 Å². The minimum Gasteiger partial charge on any atom is -0.316 e. The van der Waals surface area contributed by atoms with Crippen LogP contribution in [0.3, 0.4) is 0 Å². The molecular formula is C17H21FN2. The van der Waals surface area contributed by atoms with Gasteiger partial charge in [0.1, 0.15) is 5.82 Å². The van der Waals surface area contributed by atoms with E-state index < -0.39 is 0 Å². The van der Waals surface area contributed by atoms with E-state index in [1.807, 2.05) is 18.2 Å². The summed E-state index contributed by atoms with van der Waals surface area (Å²) < 4.78 is 13.8. The molecule has 0 fully saturated rings. The molecule has 0 aliphatic heterocycles. The maximum atomic E-state index is 13.8. The topological polar surface area (TPSA) is 24.9 Å². The van der Waals surface area contributed by atoms with Crippen LogP contribution in [0.2, 0.25) is 0 Å². The molecular weight excluding hydrogens is 251 g/mol. The van der Waals surface area contributed by atoms with Gasteiger partial charge in [-0.2, -0.15) is 0 Å². The fourth-order valence-electron chi connectivity index (χ4n) is 2.32. The number of pyridine rings is 1. The van der Waals surface area contributed by atoms with Gasteiger partial charge in [-0.05, 0) is 36.6 Å². The number of halogens is 1. The summed E-state index contributed by atoms with van der Waals surface area (Å²) in [5.74, 6) is 0.0589. The first kappa shape index (κ1) is 14.7. The molecule has 1 atom stereocenters. The van der Waals surface area contributed by atoms with Crippen molar-refractivity contribution in [1.82, 2.24) is 10.3 Å². The van der Waals surface area contributed by atoms with E-state index in [4.69, 9.17) is 0 Å². The summed E-state index contributed by atoms with van der Waals surface area (Å²) >= 11 is 0. The highest BCUT2D eigenvalue weighted by Gasteiger charge is 2.14. The first-order chi connectivity index (χ1) is 9.81. The average molecular weight is 272 g/mol. The number of nitrogens with one attached hydrogen (secondary N) is 1. The average Bonchev–Trinajstić information content (AvgIpc) is 2.49. The van der Waals surface area contributed by atoms with Crippen molar-refractivity contribution >= 4 is 0 Å². The number of benzene rings is 1. The molecule has 0 bridgehead atoms. The molecule has 1 aromatic heterocycles. The Morgan fingerprint density at radius 3 is 2.70 bits per heavy atom. The van der Waals surface area contributed by atoms with Crippen molar-refractivity contribution in [2.45, 2.75) is 25.7 Å². The van der Waals surface area contributed by atoms with E-state index in [0.717, 1.165) is 25.1 Å². The van der Waals surface area contributed by atoms with Crippen LogP contribution in [0.5, 0.6) is 0 Å². The zero-order valence-electron chi connectivity index (χ0n) is 11.8. The van der Waals surface area contributed by atoms with Crippen molar-refractivity contribution in [2.75, 3.05) is 13.1 Å². The molecule has 2 nitrogen and oxygen atoms in total. The molecule has 1 unspecified atom stereocenters. The van der Waals surface area contributed by atoms with Gasteiger partial charge in [-0.15, -0.1) is 0 Å². The second-order valence-electron chi connectivity index (χ2n) is 4.98. The molecule has 1 N–H and O–H groups in total. The van der Waals surface area contributed by atoms with Crippen LogP contribution in [0.25, 0.3) is 0 Å². The standard InChI is InChI=1S/C17H21FN2/c1-2-9-19-12-16(14-6-4-3-5-7-14)11-15-8-10-20-13-17(15)18/h3-8,10,13,16,19H,2,9,11-12H2,1H3. The zero-order chi connectivity index (χ0) is 14.2. The van der Waals surface area contributed by atoms with Crippen LogP contribution in [0.4, 0.5) is 4.39 Å². The Morgan fingerprint density at radius 1 is 1.20 bits per heavy atom. The third-order valence-electron chi connectivity index (χ3n) is 3.41. The SMILES string of the molecule is CCCNCC(Cc1ccncc1F)c1ccccc1. The first-order valence-corrected chi connectivity index (χ1v) is 7.15. The Labute approximate surface area is 120 Å². The highest BCUT2D eigenvalue weighted by Crippen LogP contribution is 2.21. The van der Waals surface area contributed by atoms with Gasteiger partial charge in [0.15, 0.2) is 0 Å². The molecule has 0 saturated carbocycles. The third-order valence-corrected chi connectivity index (χ3v) is 3.41. The number of nitrogens with zero attached hydrogens (tertiary/aromatic N) is 1. The van der Waals surface area contributed by atoms with E-state index in [1.165, 1.54) is 11.8 Å². The van der Waals surface area contributed by atoms with Crippen LogP contribution >= 0.6 is 0 Å². The predicted molar refractivity (Wildman–Crippen MR) is 80.2 cm³/mol. The van der Waals surface area contributed by atoms with Gasteiger partial charge in [0.2, 0.25) is 0 Å². The lowest BCUT2D eigenvalue weighted by atomic mass is 9.92. The third kappa shape index (κ3) is 4.14. The van der Waals surface area contributed by atoms with E-state index in [-0.39, 0.29) is 11.7 Å². The number of hydrogen-bond acceptors (Lipinski definition) is 2. The maximum absolute atomic E-state index is 13.8. The van der Waals surface area contributed by atoms with Crippen molar-refractivity contribution in [2.24, 2.45) is 0 Å². The summed E-state index contributed by atoms with van der Waals surface area (Å²) in [6, 6.07) is 12.1. The summed E-state index contributed by atoms with van der Waals surface area (Å²) in [5.41, 5.74) is 1.97. The van der Waals surface area contributed by atoms with Gasteiger partial charge >= 0.3 is 0 Å². The Kier molecular flexibility index (Phi) is 5.69. The second kappa shape index (κ2) is 7.75. The lowest BCUT2D eigenvalue weighted by Crippen LogP contribution is -2.24. The quantitative estimate of drug-likeness (QED) is 0.780. The van der Waals surface area contributed by atoms with Crippen LogP contribution in [-0.2, 0) is 6.42 Å². The minimum absolute atomic E-state index is 0.219. The van der Waals surface area contributed by atoms with Crippen LogP contribution in [0, 0.1) is 5.82 Å². The van der Waals surface area contributed by atoms with Gasteiger partial charge in [0, 0.05) is 18.7 Å². The highest BCUT2D eigenvalue weighted by molar-refractivity contribution is 5.24. The number of hydrogen-bond donors (Lipinski definition) is 1. The van der Waals surface area contributed by atoms with E-state index in [0.29, 0.717) is 6.42 Å². The van der Waals surface area contributed by atoms with Gasteiger partial charge in [0.05, 0.1) is 6.20 Å². The van der Waals surface area contributed by atoms with E-state index in [9.17, 15) is 4.39 Å². The molecule has 0 saturated heterocycles. The van der Waals surface area contributed by atoms with E-state index >= 15 is 0 Å². The largest absolute Gasteiger partial charge is 0.316 e. The number of aromatic nitrogens is 1. The van der Waals surface area contributed by atoms with Crippen LogP contribution < -0.4 is 5.32 Å². The van der Waals surface area contributed by atoms with Crippen molar-refractivity contribution in [3.63, 3.8) is 0 Å². The van der Waals surface area contributed by atoms with Crippen LogP contribution in [0.1, 0.15) is 30.4 Å². The first-order valence-electron chi connectivity index (χ1n) is 7.15. The molecule has 0 aliphatic carbocycles. The molecule has 2 aromatic rings. The highest BCUT2D eigenvalue weighted by atomic mass is 19.1. The molecule has 1 heterocycles. The van der Waals surface area contributed by atoms with Crippen molar-refractivity contribution in [3.8, 4) is 0 Å². The normalized spacial score (nSPS) is 12.3. The predicted octanol–water partition coefficient (Wildman–Crippen LogP) is 3.55. The summed E-state index contributed by atoms with van der Waals surface area (Å²) in [6.45, 7) is 3.99. The lowest BCUT2D eigenvalue weighted by molar-refractivity contribution is 0.550. The van der Waals surface area contributed by atoms with E-state index in [2.05, 4.69) is 29.4 Å². The van der Waals surface area contributed by atoms with Crippen molar-refractivity contribution in [3.05, 3.63) is 65.7 Å². The number of rotatable bonds is 7. The fourth-order valence-corrected chi connectivity index (χ4v) is 2.32.